The summed E-state index contributed by atoms with van der Waals surface area (Å²) >= 11 is 0. The Morgan fingerprint density at radius 1 is 0.828 bits per heavy atom. The number of hydrogen-bond donors (Lipinski definition) is 1. The van der Waals surface area contributed by atoms with Gasteiger partial charge in [0.15, 0.2) is 0 Å². The number of sulfonamides is 1. The van der Waals surface area contributed by atoms with Crippen molar-refractivity contribution in [3.8, 4) is 0 Å². The Labute approximate surface area is 172 Å². The van der Waals surface area contributed by atoms with Crippen LogP contribution in [0.25, 0.3) is 0 Å². The van der Waals surface area contributed by atoms with Crippen molar-refractivity contribution in [3.63, 3.8) is 0 Å². The van der Waals surface area contributed by atoms with Crippen LogP contribution >= 0.6 is 0 Å². The molecule has 2 fully saturated rings. The fourth-order valence-corrected chi connectivity index (χ4v) is 5.68. The molecule has 4 rings (SSSR count). The normalized spacial score (nSPS) is 19.3. The largest absolute Gasteiger partial charge is 0.324 e. The summed E-state index contributed by atoms with van der Waals surface area (Å²) in [5.74, 6) is -0.0896. The first-order valence-electron chi connectivity index (χ1n) is 10.3. The molecule has 0 saturated carbocycles. The van der Waals surface area contributed by atoms with E-state index in [-0.39, 0.29) is 16.8 Å². The number of anilines is 1. The Morgan fingerprint density at radius 2 is 1.41 bits per heavy atom. The lowest BCUT2D eigenvalue weighted by Gasteiger charge is -2.27. The zero-order valence-corrected chi connectivity index (χ0v) is 17.3. The monoisotopic (exact) mass is 413 g/mol. The number of likely N-dealkylation sites (tertiary alicyclic amines) is 1. The number of hydrogen-bond acceptors (Lipinski definition) is 4. The third-order valence-electron chi connectivity index (χ3n) is 5.69. The van der Waals surface area contributed by atoms with Gasteiger partial charge in [0.05, 0.1) is 4.90 Å². The van der Waals surface area contributed by atoms with Crippen LogP contribution < -0.4 is 5.32 Å². The zero-order valence-electron chi connectivity index (χ0n) is 16.5. The molecule has 0 aliphatic carbocycles. The summed E-state index contributed by atoms with van der Waals surface area (Å²) < 4.78 is 26.9. The fraction of sp³-hybridized carbons (Fsp3) is 0.409. The molecule has 6 nitrogen and oxygen atoms in total. The molecule has 1 unspecified atom stereocenters. The third-order valence-corrected chi connectivity index (χ3v) is 7.61. The van der Waals surface area contributed by atoms with Crippen molar-refractivity contribution >= 4 is 21.6 Å². The van der Waals surface area contributed by atoms with Crippen molar-refractivity contribution in [2.24, 2.45) is 0 Å². The number of amides is 1. The summed E-state index contributed by atoms with van der Waals surface area (Å²) in [6.07, 6.45) is 4.01. The molecule has 2 aromatic rings. The van der Waals surface area contributed by atoms with E-state index in [1.165, 1.54) is 4.31 Å². The van der Waals surface area contributed by atoms with Gasteiger partial charge in [-0.05, 0) is 68.6 Å². The highest BCUT2D eigenvalue weighted by Gasteiger charge is 2.30. The van der Waals surface area contributed by atoms with Gasteiger partial charge in [0, 0.05) is 18.8 Å². The lowest BCUT2D eigenvalue weighted by atomic mass is 10.0. The van der Waals surface area contributed by atoms with Crippen LogP contribution in [0.1, 0.15) is 37.3 Å². The molecule has 2 heterocycles. The van der Waals surface area contributed by atoms with E-state index in [4.69, 9.17) is 0 Å². The molecule has 2 saturated heterocycles. The van der Waals surface area contributed by atoms with Gasteiger partial charge < -0.3 is 5.32 Å². The fourth-order valence-electron chi connectivity index (χ4n) is 4.16. The second-order valence-corrected chi connectivity index (χ2v) is 9.62. The molecule has 0 bridgehead atoms. The Kier molecular flexibility index (Phi) is 5.99. The lowest BCUT2D eigenvalue weighted by molar-refractivity contribution is -0.121. The standard InChI is InChI=1S/C22H27N3O3S/c26-22(21(24-14-4-5-15-24)18-8-2-1-3-9-18)23-19-10-12-20(13-11-19)29(27,28)25-16-6-7-17-25/h1-3,8-13,21H,4-7,14-17H2,(H,23,26). The minimum absolute atomic E-state index is 0.0896. The topological polar surface area (TPSA) is 69.7 Å². The van der Waals surface area contributed by atoms with Gasteiger partial charge in [-0.15, -0.1) is 0 Å². The average molecular weight is 414 g/mol. The Bertz CT molecular complexity index is 933. The minimum Gasteiger partial charge on any atom is -0.324 e. The number of carbonyl (C=O) groups excluding carboxylic acids is 1. The highest BCUT2D eigenvalue weighted by atomic mass is 32.2. The van der Waals surface area contributed by atoms with Crippen LogP contribution in [-0.4, -0.2) is 49.7 Å². The van der Waals surface area contributed by atoms with Crippen LogP contribution in [0, 0.1) is 0 Å². The summed E-state index contributed by atoms with van der Waals surface area (Å²) in [5, 5.41) is 2.98. The van der Waals surface area contributed by atoms with Crippen molar-refractivity contribution in [1.82, 2.24) is 9.21 Å². The first-order valence-corrected chi connectivity index (χ1v) is 11.7. The van der Waals surface area contributed by atoms with E-state index in [1.54, 1.807) is 24.3 Å². The molecule has 2 aliphatic heterocycles. The van der Waals surface area contributed by atoms with Crippen LogP contribution in [0.4, 0.5) is 5.69 Å². The number of nitrogens with one attached hydrogen (secondary N) is 1. The maximum Gasteiger partial charge on any atom is 0.246 e. The molecule has 0 aromatic heterocycles. The van der Waals surface area contributed by atoms with Crippen molar-refractivity contribution in [3.05, 3.63) is 60.2 Å². The number of carbonyl (C=O) groups is 1. The first-order chi connectivity index (χ1) is 14.1. The van der Waals surface area contributed by atoms with Crippen LogP contribution in [0.5, 0.6) is 0 Å². The zero-order chi connectivity index (χ0) is 20.3. The summed E-state index contributed by atoms with van der Waals surface area (Å²) in [5.41, 5.74) is 1.58. The van der Waals surface area contributed by atoms with Gasteiger partial charge in [-0.25, -0.2) is 8.42 Å². The maximum atomic E-state index is 13.1. The number of nitrogens with zero attached hydrogens (tertiary/aromatic N) is 2. The number of benzene rings is 2. The summed E-state index contributed by atoms with van der Waals surface area (Å²) in [6.45, 7) is 2.96. The molecule has 2 aromatic carbocycles. The third kappa shape index (κ3) is 4.37. The van der Waals surface area contributed by atoms with E-state index in [0.717, 1.165) is 44.3 Å². The Balaban J connectivity index is 1.50. The van der Waals surface area contributed by atoms with Gasteiger partial charge in [0.25, 0.3) is 0 Å². The van der Waals surface area contributed by atoms with E-state index in [2.05, 4.69) is 10.2 Å². The van der Waals surface area contributed by atoms with Crippen molar-refractivity contribution in [2.75, 3.05) is 31.5 Å². The minimum atomic E-state index is -3.44. The molecule has 0 spiro atoms. The molecule has 1 atom stereocenters. The molecule has 1 N–H and O–H groups in total. The van der Waals surface area contributed by atoms with E-state index >= 15 is 0 Å². The van der Waals surface area contributed by atoms with Gasteiger partial charge in [0.1, 0.15) is 6.04 Å². The predicted molar refractivity (Wildman–Crippen MR) is 113 cm³/mol. The van der Waals surface area contributed by atoms with Crippen molar-refractivity contribution in [2.45, 2.75) is 36.6 Å². The van der Waals surface area contributed by atoms with Crippen molar-refractivity contribution in [1.29, 1.82) is 0 Å². The van der Waals surface area contributed by atoms with Gasteiger partial charge in [0.2, 0.25) is 15.9 Å². The van der Waals surface area contributed by atoms with Gasteiger partial charge in [-0.3, -0.25) is 9.69 Å². The van der Waals surface area contributed by atoms with Crippen LogP contribution in [0.15, 0.2) is 59.5 Å². The van der Waals surface area contributed by atoms with Gasteiger partial charge in [-0.2, -0.15) is 4.31 Å². The van der Waals surface area contributed by atoms with Gasteiger partial charge in [-0.1, -0.05) is 30.3 Å². The Hall–Kier alpha value is -2.22. The molecular weight excluding hydrogens is 386 g/mol. The van der Waals surface area contributed by atoms with Crippen LogP contribution in [-0.2, 0) is 14.8 Å². The SMILES string of the molecule is O=C(Nc1ccc(S(=O)(=O)N2CCCC2)cc1)C(c1ccccc1)N1CCCC1. The predicted octanol–water partition coefficient (Wildman–Crippen LogP) is 3.25. The lowest BCUT2D eigenvalue weighted by Crippen LogP contribution is -2.35. The Morgan fingerprint density at radius 3 is 2.03 bits per heavy atom. The summed E-state index contributed by atoms with van der Waals surface area (Å²) in [4.78, 5) is 15.6. The van der Waals surface area contributed by atoms with Crippen LogP contribution in [0.2, 0.25) is 0 Å². The number of rotatable bonds is 6. The molecule has 29 heavy (non-hydrogen) atoms. The molecule has 1 amide bonds. The smallest absolute Gasteiger partial charge is 0.246 e. The average Bonchev–Trinajstić information content (AvgIpc) is 3.44. The van der Waals surface area contributed by atoms with Crippen molar-refractivity contribution < 1.29 is 13.2 Å². The molecule has 7 heteroatoms. The first kappa shape index (κ1) is 20.1. The highest BCUT2D eigenvalue weighted by molar-refractivity contribution is 7.89. The quantitative estimate of drug-likeness (QED) is 0.789. The molecule has 2 aliphatic rings. The van der Waals surface area contributed by atoms with Crippen LogP contribution in [0.3, 0.4) is 0 Å². The summed E-state index contributed by atoms with van der Waals surface area (Å²) in [7, 11) is -3.44. The summed E-state index contributed by atoms with van der Waals surface area (Å²) in [6, 6.07) is 16.0. The second-order valence-electron chi connectivity index (χ2n) is 7.68. The van der Waals surface area contributed by atoms with Gasteiger partial charge >= 0.3 is 0 Å². The molecule has 154 valence electrons. The van der Waals surface area contributed by atoms with E-state index < -0.39 is 10.0 Å². The van der Waals surface area contributed by atoms with E-state index in [9.17, 15) is 13.2 Å². The van der Waals surface area contributed by atoms with E-state index in [0.29, 0.717) is 18.8 Å². The molecule has 0 radical (unpaired) electrons. The second kappa shape index (κ2) is 8.65. The van der Waals surface area contributed by atoms with E-state index in [1.807, 2.05) is 30.3 Å². The molecular formula is C22H27N3O3S. The highest BCUT2D eigenvalue weighted by Crippen LogP contribution is 2.27. The maximum absolute atomic E-state index is 13.1.